The largest absolute Gasteiger partial charge is 0.462 e. The van der Waals surface area contributed by atoms with E-state index in [1.165, 1.54) is 23.5 Å². The molecule has 0 fully saturated rings. The number of hydrogen-bond acceptors (Lipinski definition) is 7. The third kappa shape index (κ3) is 6.92. The number of nitro benzene ring substituents is 1. The standard InChI is InChI=1S/C18H23N5O4S.HI/c1-5-27-17(24)15-11(2)21-16(28-15)12(3)22-18(19-4)20-10-13-6-8-14(9-7-13)23(25)26;/h6-9,12H,5,10H2,1-4H3,(H2,19,20,22);1H. The van der Waals surface area contributed by atoms with Gasteiger partial charge in [-0.2, -0.15) is 0 Å². The molecule has 1 aromatic heterocycles. The van der Waals surface area contributed by atoms with Crippen LogP contribution in [0.25, 0.3) is 0 Å². The van der Waals surface area contributed by atoms with Crippen LogP contribution in [-0.4, -0.2) is 35.5 Å². The number of rotatable bonds is 7. The lowest BCUT2D eigenvalue weighted by Gasteiger charge is -2.16. The number of thiazole rings is 1. The van der Waals surface area contributed by atoms with Gasteiger partial charge in [0, 0.05) is 25.7 Å². The lowest BCUT2D eigenvalue weighted by atomic mass is 10.2. The van der Waals surface area contributed by atoms with E-state index >= 15 is 0 Å². The number of hydrogen-bond donors (Lipinski definition) is 2. The number of aryl methyl sites for hydroxylation is 1. The Hall–Kier alpha value is -2.28. The van der Waals surface area contributed by atoms with Crippen LogP contribution in [0.4, 0.5) is 5.69 Å². The minimum atomic E-state index is -0.431. The molecule has 0 aliphatic heterocycles. The third-order valence-electron chi connectivity index (χ3n) is 3.83. The highest BCUT2D eigenvalue weighted by molar-refractivity contribution is 14.0. The quantitative estimate of drug-likeness (QED) is 0.140. The highest BCUT2D eigenvalue weighted by Crippen LogP contribution is 2.24. The lowest BCUT2D eigenvalue weighted by Crippen LogP contribution is -2.38. The van der Waals surface area contributed by atoms with Gasteiger partial charge in [0.2, 0.25) is 0 Å². The molecule has 158 valence electrons. The predicted molar refractivity (Wildman–Crippen MR) is 123 cm³/mol. The molecule has 1 heterocycles. The molecular weight excluding hydrogens is 509 g/mol. The zero-order chi connectivity index (χ0) is 20.7. The third-order valence-corrected chi connectivity index (χ3v) is 5.15. The first-order chi connectivity index (χ1) is 13.3. The maximum absolute atomic E-state index is 12.0. The van der Waals surface area contributed by atoms with E-state index in [1.807, 2.05) is 6.92 Å². The number of esters is 1. The maximum Gasteiger partial charge on any atom is 0.350 e. The number of guanidine groups is 1. The van der Waals surface area contributed by atoms with Crippen LogP contribution in [-0.2, 0) is 11.3 Å². The van der Waals surface area contributed by atoms with E-state index in [4.69, 9.17) is 4.74 Å². The minimum absolute atomic E-state index is 0. The van der Waals surface area contributed by atoms with Gasteiger partial charge in [0.05, 0.1) is 23.3 Å². The molecule has 29 heavy (non-hydrogen) atoms. The summed E-state index contributed by atoms with van der Waals surface area (Å²) in [6.07, 6.45) is 0. The van der Waals surface area contributed by atoms with Crippen molar-refractivity contribution in [2.24, 2.45) is 4.99 Å². The van der Waals surface area contributed by atoms with Crippen molar-refractivity contribution in [1.29, 1.82) is 0 Å². The molecule has 1 unspecified atom stereocenters. The smallest absolute Gasteiger partial charge is 0.350 e. The van der Waals surface area contributed by atoms with Crippen molar-refractivity contribution in [3.8, 4) is 0 Å². The minimum Gasteiger partial charge on any atom is -0.462 e. The molecule has 0 radical (unpaired) electrons. The van der Waals surface area contributed by atoms with Crippen LogP contribution in [0.2, 0.25) is 0 Å². The molecule has 0 bridgehead atoms. The number of carbonyl (C=O) groups excluding carboxylic acids is 1. The number of carbonyl (C=O) groups is 1. The topological polar surface area (TPSA) is 119 Å². The van der Waals surface area contributed by atoms with Crippen molar-refractivity contribution >= 4 is 52.9 Å². The molecule has 0 spiro atoms. The van der Waals surface area contributed by atoms with Gasteiger partial charge in [0.25, 0.3) is 5.69 Å². The molecule has 2 rings (SSSR count). The van der Waals surface area contributed by atoms with Gasteiger partial charge in [0.15, 0.2) is 5.96 Å². The summed E-state index contributed by atoms with van der Waals surface area (Å²) in [5, 5.41) is 17.8. The van der Waals surface area contributed by atoms with Gasteiger partial charge in [-0.05, 0) is 26.3 Å². The summed E-state index contributed by atoms with van der Waals surface area (Å²) in [6.45, 7) is 6.24. The number of halogens is 1. The van der Waals surface area contributed by atoms with Crippen LogP contribution in [0.1, 0.15) is 45.8 Å². The number of nitro groups is 1. The zero-order valence-corrected chi connectivity index (χ0v) is 19.7. The van der Waals surface area contributed by atoms with Gasteiger partial charge in [-0.15, -0.1) is 35.3 Å². The van der Waals surface area contributed by atoms with Crippen molar-refractivity contribution in [3.05, 3.63) is 55.5 Å². The molecule has 1 aromatic carbocycles. The first-order valence-electron chi connectivity index (χ1n) is 8.70. The number of benzene rings is 1. The molecule has 2 N–H and O–H groups in total. The fraction of sp³-hybridized carbons (Fsp3) is 0.389. The summed E-state index contributed by atoms with van der Waals surface area (Å²) in [7, 11) is 1.65. The Morgan fingerprint density at radius 3 is 2.59 bits per heavy atom. The van der Waals surface area contributed by atoms with E-state index < -0.39 is 4.92 Å². The van der Waals surface area contributed by atoms with Gasteiger partial charge in [0.1, 0.15) is 9.88 Å². The molecule has 0 aliphatic carbocycles. The Labute approximate surface area is 190 Å². The van der Waals surface area contributed by atoms with Crippen LogP contribution in [0, 0.1) is 17.0 Å². The van der Waals surface area contributed by atoms with E-state index in [9.17, 15) is 14.9 Å². The van der Waals surface area contributed by atoms with Gasteiger partial charge in [-0.25, -0.2) is 9.78 Å². The van der Waals surface area contributed by atoms with Crippen molar-refractivity contribution in [3.63, 3.8) is 0 Å². The second-order valence-corrected chi connectivity index (χ2v) is 6.93. The number of nitrogens with zero attached hydrogens (tertiary/aromatic N) is 3. The van der Waals surface area contributed by atoms with E-state index in [-0.39, 0.29) is 41.7 Å². The average Bonchev–Trinajstić information content (AvgIpc) is 3.07. The second kappa shape index (κ2) is 11.7. The number of ether oxygens (including phenoxy) is 1. The number of nitrogens with one attached hydrogen (secondary N) is 2. The summed E-state index contributed by atoms with van der Waals surface area (Å²) in [5.74, 6) is 0.188. The van der Waals surface area contributed by atoms with E-state index in [1.54, 1.807) is 33.0 Å². The Morgan fingerprint density at radius 1 is 1.38 bits per heavy atom. The molecule has 0 saturated carbocycles. The van der Waals surface area contributed by atoms with E-state index in [0.29, 0.717) is 29.7 Å². The molecular formula is C18H24IN5O4S. The maximum atomic E-state index is 12.0. The van der Waals surface area contributed by atoms with Crippen LogP contribution in [0.3, 0.4) is 0 Å². The van der Waals surface area contributed by atoms with Crippen LogP contribution < -0.4 is 10.6 Å². The number of aliphatic imine (C=N–C) groups is 1. The predicted octanol–water partition coefficient (Wildman–Crippen LogP) is 3.58. The molecule has 0 aliphatic rings. The molecule has 1 atom stereocenters. The van der Waals surface area contributed by atoms with Gasteiger partial charge < -0.3 is 15.4 Å². The Bertz CT molecular complexity index is 870. The number of non-ortho nitro benzene ring substituents is 1. The van der Waals surface area contributed by atoms with Crippen molar-refractivity contribution < 1.29 is 14.5 Å². The SMILES string of the molecule is CCOC(=O)c1sc(C(C)NC(=NC)NCc2ccc([N+](=O)[O-])cc2)nc1C.I. The first-order valence-corrected chi connectivity index (χ1v) is 9.52. The van der Waals surface area contributed by atoms with Crippen LogP contribution in [0.15, 0.2) is 29.3 Å². The zero-order valence-electron chi connectivity index (χ0n) is 16.6. The van der Waals surface area contributed by atoms with Crippen molar-refractivity contribution in [1.82, 2.24) is 15.6 Å². The fourth-order valence-corrected chi connectivity index (χ4v) is 3.33. The average molecular weight is 533 g/mol. The number of aromatic nitrogens is 1. The summed E-state index contributed by atoms with van der Waals surface area (Å²) >= 11 is 1.29. The Balaban J connectivity index is 0.00000420. The van der Waals surface area contributed by atoms with Gasteiger partial charge >= 0.3 is 5.97 Å². The summed E-state index contributed by atoms with van der Waals surface area (Å²) < 4.78 is 5.05. The highest BCUT2D eigenvalue weighted by atomic mass is 127. The highest BCUT2D eigenvalue weighted by Gasteiger charge is 2.20. The summed E-state index contributed by atoms with van der Waals surface area (Å²) in [4.78, 5) is 31.4. The summed E-state index contributed by atoms with van der Waals surface area (Å²) in [5.41, 5.74) is 1.58. The van der Waals surface area contributed by atoms with Crippen molar-refractivity contribution in [2.75, 3.05) is 13.7 Å². The van der Waals surface area contributed by atoms with Crippen LogP contribution in [0.5, 0.6) is 0 Å². The van der Waals surface area contributed by atoms with Crippen LogP contribution >= 0.6 is 35.3 Å². The second-order valence-electron chi connectivity index (χ2n) is 5.90. The molecule has 0 saturated heterocycles. The molecule has 9 nitrogen and oxygen atoms in total. The monoisotopic (exact) mass is 533 g/mol. The Morgan fingerprint density at radius 2 is 2.03 bits per heavy atom. The molecule has 11 heteroatoms. The molecule has 2 aromatic rings. The van der Waals surface area contributed by atoms with E-state index in [2.05, 4.69) is 20.6 Å². The van der Waals surface area contributed by atoms with Gasteiger partial charge in [-0.3, -0.25) is 15.1 Å². The lowest BCUT2D eigenvalue weighted by molar-refractivity contribution is -0.384. The summed E-state index contributed by atoms with van der Waals surface area (Å²) in [6, 6.07) is 6.14. The first kappa shape index (κ1) is 24.8. The normalized spacial score (nSPS) is 11.9. The molecule has 0 amide bonds. The van der Waals surface area contributed by atoms with Crippen molar-refractivity contribution in [2.45, 2.75) is 33.4 Å². The Kier molecular flexibility index (Phi) is 9.95. The van der Waals surface area contributed by atoms with E-state index in [0.717, 1.165) is 10.6 Å². The van der Waals surface area contributed by atoms with Gasteiger partial charge in [-0.1, -0.05) is 12.1 Å². The fourth-order valence-electron chi connectivity index (χ4n) is 2.37.